The zero-order chi connectivity index (χ0) is 21.1. The van der Waals surface area contributed by atoms with E-state index in [0.717, 1.165) is 0 Å². The minimum absolute atomic E-state index is 0.0231. The molecule has 0 unspecified atom stereocenters. The number of nitriles is 1. The van der Waals surface area contributed by atoms with Gasteiger partial charge in [0.2, 0.25) is 0 Å². The van der Waals surface area contributed by atoms with Crippen molar-refractivity contribution in [3.8, 4) is 23.3 Å². The highest BCUT2D eigenvalue weighted by Crippen LogP contribution is 2.30. The van der Waals surface area contributed by atoms with Gasteiger partial charge in [-0.1, -0.05) is 24.3 Å². The molecule has 7 heteroatoms. The van der Waals surface area contributed by atoms with E-state index in [0.29, 0.717) is 39.3 Å². The molecular formula is C23H16N4O3. The van der Waals surface area contributed by atoms with Gasteiger partial charge in [-0.3, -0.25) is 14.3 Å². The summed E-state index contributed by atoms with van der Waals surface area (Å²) in [5.41, 5.74) is 1.37. The number of hydrogen-bond donors (Lipinski definition) is 1. The highest BCUT2D eigenvalue weighted by Gasteiger charge is 2.14. The number of nitrogens with zero attached hydrogens (tertiary/aromatic N) is 4. The minimum Gasteiger partial charge on any atom is -0.504 e. The van der Waals surface area contributed by atoms with Gasteiger partial charge in [0.05, 0.1) is 35.5 Å². The molecule has 0 spiro atoms. The van der Waals surface area contributed by atoms with Crippen LogP contribution in [-0.2, 0) is 0 Å². The molecule has 0 aliphatic carbocycles. The van der Waals surface area contributed by atoms with Crippen molar-refractivity contribution >= 4 is 23.1 Å². The molecule has 2 heterocycles. The summed E-state index contributed by atoms with van der Waals surface area (Å²) in [6, 6.07) is 15.6. The zero-order valence-corrected chi connectivity index (χ0v) is 16.0. The lowest BCUT2D eigenvalue weighted by atomic mass is 10.1. The van der Waals surface area contributed by atoms with Crippen molar-refractivity contribution in [1.29, 1.82) is 5.26 Å². The van der Waals surface area contributed by atoms with Crippen LogP contribution >= 0.6 is 0 Å². The highest BCUT2D eigenvalue weighted by atomic mass is 16.5. The van der Waals surface area contributed by atoms with Crippen molar-refractivity contribution in [2.75, 3.05) is 7.11 Å². The Morgan fingerprint density at radius 3 is 2.77 bits per heavy atom. The molecule has 4 rings (SSSR count). The molecule has 1 N–H and O–H groups in total. The van der Waals surface area contributed by atoms with Gasteiger partial charge in [0.1, 0.15) is 11.9 Å². The highest BCUT2D eigenvalue weighted by molar-refractivity contribution is 5.80. The molecular weight excluding hydrogens is 380 g/mol. The fraction of sp³-hybridized carbons (Fsp3) is 0.0435. The van der Waals surface area contributed by atoms with Crippen LogP contribution < -0.4 is 10.3 Å². The van der Waals surface area contributed by atoms with Crippen LogP contribution in [0, 0.1) is 11.3 Å². The van der Waals surface area contributed by atoms with Gasteiger partial charge in [0.15, 0.2) is 11.5 Å². The number of aromatic nitrogens is 3. The zero-order valence-electron chi connectivity index (χ0n) is 16.0. The Bertz CT molecular complexity index is 1380. The second-order valence-corrected chi connectivity index (χ2v) is 6.36. The van der Waals surface area contributed by atoms with Crippen molar-refractivity contribution in [2.45, 2.75) is 0 Å². The quantitative estimate of drug-likeness (QED) is 0.566. The number of methoxy groups -OCH3 is 1. The van der Waals surface area contributed by atoms with Gasteiger partial charge in [0.25, 0.3) is 5.56 Å². The molecule has 0 fully saturated rings. The van der Waals surface area contributed by atoms with Gasteiger partial charge in [0, 0.05) is 11.8 Å². The molecule has 146 valence electrons. The first-order valence-corrected chi connectivity index (χ1v) is 9.04. The maximum atomic E-state index is 13.3. The Hall–Kier alpha value is -4.44. The van der Waals surface area contributed by atoms with Gasteiger partial charge in [-0.25, -0.2) is 4.98 Å². The molecule has 0 saturated heterocycles. The lowest BCUT2D eigenvalue weighted by Crippen LogP contribution is -2.23. The van der Waals surface area contributed by atoms with Crippen molar-refractivity contribution in [2.24, 2.45) is 0 Å². The fourth-order valence-electron chi connectivity index (χ4n) is 3.16. The number of pyridine rings is 1. The summed E-state index contributed by atoms with van der Waals surface area (Å²) in [6.45, 7) is 0. The number of ether oxygens (including phenoxy) is 1. The molecule has 0 radical (unpaired) electrons. The lowest BCUT2D eigenvalue weighted by molar-refractivity contribution is 0.373. The largest absolute Gasteiger partial charge is 0.504 e. The van der Waals surface area contributed by atoms with Crippen LogP contribution in [-0.4, -0.2) is 26.8 Å². The fourth-order valence-corrected chi connectivity index (χ4v) is 3.16. The van der Waals surface area contributed by atoms with Gasteiger partial charge in [-0.15, -0.1) is 0 Å². The number of phenols is 1. The van der Waals surface area contributed by atoms with Crippen molar-refractivity contribution < 1.29 is 9.84 Å². The normalized spacial score (nSPS) is 10.9. The van der Waals surface area contributed by atoms with E-state index in [-0.39, 0.29) is 11.3 Å². The summed E-state index contributed by atoms with van der Waals surface area (Å²) in [4.78, 5) is 21.9. The second kappa shape index (κ2) is 7.89. The number of phenolic OH excluding ortho intramolecular Hbond substituents is 1. The van der Waals surface area contributed by atoms with Gasteiger partial charge in [-0.05, 0) is 36.4 Å². The van der Waals surface area contributed by atoms with Crippen LogP contribution in [0.2, 0.25) is 0 Å². The first-order chi connectivity index (χ1) is 14.6. The molecule has 0 amide bonds. The first kappa shape index (κ1) is 18.9. The van der Waals surface area contributed by atoms with E-state index < -0.39 is 0 Å². The molecule has 7 nitrogen and oxygen atoms in total. The molecule has 0 saturated carbocycles. The third kappa shape index (κ3) is 3.27. The molecule has 4 aromatic rings. The SMILES string of the molecule is COc1cccc(C=Cc2nc3cnccc3c(=O)n2-c2ccccc2C#N)c1O. The topological polar surface area (TPSA) is 101 Å². The Kier molecular flexibility index (Phi) is 4.97. The summed E-state index contributed by atoms with van der Waals surface area (Å²) in [5, 5.41) is 20.2. The molecule has 30 heavy (non-hydrogen) atoms. The van der Waals surface area contributed by atoms with E-state index in [4.69, 9.17) is 4.74 Å². The van der Waals surface area contributed by atoms with Crippen molar-refractivity contribution in [1.82, 2.24) is 14.5 Å². The van der Waals surface area contributed by atoms with Crippen LogP contribution in [0.3, 0.4) is 0 Å². The van der Waals surface area contributed by atoms with E-state index in [1.807, 2.05) is 0 Å². The van der Waals surface area contributed by atoms with Crippen LogP contribution in [0.5, 0.6) is 11.5 Å². The van der Waals surface area contributed by atoms with E-state index in [1.54, 1.807) is 60.7 Å². The smallest absolute Gasteiger partial charge is 0.266 e. The lowest BCUT2D eigenvalue weighted by Gasteiger charge is -2.12. The van der Waals surface area contributed by atoms with Crippen molar-refractivity contribution in [3.05, 3.63) is 88.2 Å². The Morgan fingerprint density at radius 2 is 1.97 bits per heavy atom. The van der Waals surface area contributed by atoms with Crippen molar-refractivity contribution in [3.63, 3.8) is 0 Å². The predicted octanol–water partition coefficient (Wildman–Crippen LogP) is 3.54. The third-order valence-electron chi connectivity index (χ3n) is 4.63. The average molecular weight is 396 g/mol. The Labute approximate surface area is 171 Å². The number of para-hydroxylation sites is 2. The Balaban J connectivity index is 1.98. The van der Waals surface area contributed by atoms with Crippen LogP contribution in [0.15, 0.2) is 65.7 Å². The van der Waals surface area contributed by atoms with Crippen LogP contribution in [0.4, 0.5) is 0 Å². The maximum Gasteiger partial charge on any atom is 0.266 e. The number of hydrogen-bond acceptors (Lipinski definition) is 6. The molecule has 0 atom stereocenters. The molecule has 0 aliphatic rings. The first-order valence-electron chi connectivity index (χ1n) is 9.04. The van der Waals surface area contributed by atoms with Crippen LogP contribution in [0.1, 0.15) is 17.0 Å². The summed E-state index contributed by atoms with van der Waals surface area (Å²) in [6.07, 6.45) is 6.27. The van der Waals surface area contributed by atoms with Crippen LogP contribution in [0.25, 0.3) is 28.7 Å². The van der Waals surface area contributed by atoms with E-state index in [9.17, 15) is 15.2 Å². The standard InChI is InChI=1S/C23H16N4O3/c1-30-20-8-4-6-15(22(20)28)9-10-21-26-18-14-25-12-11-17(18)23(29)27(21)19-7-3-2-5-16(19)13-24/h2-12,14,28H,1H3. The number of fused-ring (bicyclic) bond motifs is 1. The third-order valence-corrected chi connectivity index (χ3v) is 4.63. The van der Waals surface area contributed by atoms with E-state index >= 15 is 0 Å². The van der Waals surface area contributed by atoms with E-state index in [1.165, 1.54) is 24.1 Å². The number of aromatic hydroxyl groups is 1. The summed E-state index contributed by atoms with van der Waals surface area (Å²) in [7, 11) is 1.47. The minimum atomic E-state index is -0.320. The Morgan fingerprint density at radius 1 is 1.13 bits per heavy atom. The van der Waals surface area contributed by atoms with Gasteiger partial charge < -0.3 is 9.84 Å². The monoisotopic (exact) mass is 396 g/mol. The molecule has 0 bridgehead atoms. The molecule has 0 aliphatic heterocycles. The number of rotatable bonds is 4. The average Bonchev–Trinajstić information content (AvgIpc) is 2.78. The maximum absolute atomic E-state index is 13.3. The van der Waals surface area contributed by atoms with Gasteiger partial charge >= 0.3 is 0 Å². The summed E-state index contributed by atoms with van der Waals surface area (Å²) < 4.78 is 6.52. The van der Waals surface area contributed by atoms with Gasteiger partial charge in [-0.2, -0.15) is 5.26 Å². The second-order valence-electron chi connectivity index (χ2n) is 6.36. The summed E-state index contributed by atoms with van der Waals surface area (Å²) >= 11 is 0. The number of benzene rings is 2. The predicted molar refractivity (Wildman–Crippen MR) is 113 cm³/mol. The molecule has 2 aromatic carbocycles. The summed E-state index contributed by atoms with van der Waals surface area (Å²) in [5.74, 6) is 0.607. The molecule has 2 aromatic heterocycles. The van der Waals surface area contributed by atoms with E-state index in [2.05, 4.69) is 16.0 Å².